The summed E-state index contributed by atoms with van der Waals surface area (Å²) in [7, 11) is 0. The number of furan rings is 1. The maximum absolute atomic E-state index is 12.7. The number of carbonyl (C=O) groups excluding carboxylic acids is 2. The predicted molar refractivity (Wildman–Crippen MR) is 116 cm³/mol. The quantitative estimate of drug-likeness (QED) is 0.473. The van der Waals surface area contributed by atoms with E-state index in [1.165, 1.54) is 17.6 Å². The van der Waals surface area contributed by atoms with Crippen molar-refractivity contribution in [2.75, 3.05) is 10.6 Å². The number of benzene rings is 1. The van der Waals surface area contributed by atoms with Gasteiger partial charge in [-0.2, -0.15) is 0 Å². The van der Waals surface area contributed by atoms with Crippen molar-refractivity contribution in [1.29, 1.82) is 0 Å². The number of imidazole rings is 1. The Labute approximate surface area is 177 Å². The van der Waals surface area contributed by atoms with Crippen LogP contribution in [0.2, 0.25) is 0 Å². The first-order chi connectivity index (χ1) is 14.5. The number of nitrogens with zero attached hydrogens (tertiary/aromatic N) is 2. The van der Waals surface area contributed by atoms with Crippen LogP contribution >= 0.6 is 11.3 Å². The molecular weight excluding hydrogens is 400 g/mol. The maximum Gasteiger partial charge on any atom is 0.291 e. The average molecular weight is 420 g/mol. The molecule has 0 radical (unpaired) electrons. The molecule has 2 amide bonds. The fourth-order valence-corrected chi connectivity index (χ4v) is 3.96. The van der Waals surface area contributed by atoms with Crippen molar-refractivity contribution in [3.63, 3.8) is 0 Å². The lowest BCUT2D eigenvalue weighted by Crippen LogP contribution is -2.11. The number of aryl methyl sites for hydroxylation is 2. The minimum Gasteiger partial charge on any atom is -0.459 e. The van der Waals surface area contributed by atoms with Gasteiger partial charge in [0, 0.05) is 24.6 Å². The van der Waals surface area contributed by atoms with Crippen molar-refractivity contribution in [3.05, 3.63) is 88.7 Å². The number of anilines is 2. The van der Waals surface area contributed by atoms with Crippen molar-refractivity contribution in [2.24, 2.45) is 0 Å². The lowest BCUT2D eigenvalue weighted by molar-refractivity contribution is 0.0995. The molecule has 0 fully saturated rings. The molecule has 3 heterocycles. The third kappa shape index (κ3) is 4.33. The topological polar surface area (TPSA) is 89.2 Å². The van der Waals surface area contributed by atoms with Crippen molar-refractivity contribution in [2.45, 2.75) is 20.4 Å². The summed E-state index contributed by atoms with van der Waals surface area (Å²) in [5, 5.41) is 6.26. The Morgan fingerprint density at radius 3 is 2.57 bits per heavy atom. The van der Waals surface area contributed by atoms with Crippen LogP contribution < -0.4 is 10.6 Å². The predicted octanol–water partition coefficient (Wildman–Crippen LogP) is 4.71. The molecule has 1 aromatic carbocycles. The van der Waals surface area contributed by atoms with Crippen molar-refractivity contribution in [1.82, 2.24) is 9.55 Å². The van der Waals surface area contributed by atoms with E-state index in [-0.39, 0.29) is 17.6 Å². The zero-order valence-electron chi connectivity index (χ0n) is 16.5. The number of nitrogens with one attached hydrogen (secondary N) is 2. The van der Waals surface area contributed by atoms with Crippen LogP contribution in [0.3, 0.4) is 0 Å². The molecule has 8 heteroatoms. The van der Waals surface area contributed by atoms with Crippen LogP contribution in [0.4, 0.5) is 10.7 Å². The molecule has 0 saturated carbocycles. The number of carbonyl (C=O) groups is 2. The SMILES string of the molecule is Cc1cc(NC(=O)c2ccco2)sc1C(=O)Nc1ccc(Cn2ccnc2C)cc1. The second kappa shape index (κ2) is 8.38. The summed E-state index contributed by atoms with van der Waals surface area (Å²) < 4.78 is 7.14. The number of rotatable bonds is 6. The summed E-state index contributed by atoms with van der Waals surface area (Å²) >= 11 is 1.22. The van der Waals surface area contributed by atoms with Gasteiger partial charge in [0.25, 0.3) is 11.8 Å². The lowest BCUT2D eigenvalue weighted by atomic mass is 10.2. The largest absolute Gasteiger partial charge is 0.459 e. The monoisotopic (exact) mass is 420 g/mol. The average Bonchev–Trinajstić information content (AvgIpc) is 3.46. The van der Waals surface area contributed by atoms with Gasteiger partial charge in [0.2, 0.25) is 0 Å². The van der Waals surface area contributed by atoms with E-state index in [9.17, 15) is 9.59 Å². The normalized spacial score (nSPS) is 10.7. The number of amides is 2. The van der Waals surface area contributed by atoms with Gasteiger partial charge < -0.3 is 19.6 Å². The van der Waals surface area contributed by atoms with Crippen LogP contribution in [0, 0.1) is 13.8 Å². The summed E-state index contributed by atoms with van der Waals surface area (Å²) in [4.78, 5) is 29.6. The van der Waals surface area contributed by atoms with E-state index in [4.69, 9.17) is 4.42 Å². The minimum atomic E-state index is -0.350. The molecule has 0 unspecified atom stereocenters. The minimum absolute atomic E-state index is 0.214. The van der Waals surface area contributed by atoms with Crippen molar-refractivity contribution in [3.8, 4) is 0 Å². The van der Waals surface area contributed by atoms with Gasteiger partial charge in [-0.05, 0) is 55.3 Å². The molecule has 3 aromatic heterocycles. The van der Waals surface area contributed by atoms with Gasteiger partial charge in [0.15, 0.2) is 5.76 Å². The maximum atomic E-state index is 12.7. The molecule has 4 aromatic rings. The molecule has 0 aliphatic rings. The zero-order chi connectivity index (χ0) is 21.1. The standard InChI is InChI=1S/C22H20N4O3S/c1-14-12-19(25-21(27)18-4-3-11-29-18)30-20(14)22(28)24-17-7-5-16(6-8-17)13-26-10-9-23-15(26)2/h3-12H,13H2,1-2H3,(H,24,28)(H,25,27). The van der Waals surface area contributed by atoms with E-state index in [2.05, 4.69) is 20.2 Å². The number of hydrogen-bond donors (Lipinski definition) is 2. The highest BCUT2D eigenvalue weighted by atomic mass is 32.1. The summed E-state index contributed by atoms with van der Waals surface area (Å²) in [5.41, 5.74) is 2.61. The van der Waals surface area contributed by atoms with E-state index in [1.807, 2.05) is 44.3 Å². The third-order valence-corrected chi connectivity index (χ3v) is 5.75. The summed E-state index contributed by atoms with van der Waals surface area (Å²) in [6.07, 6.45) is 5.15. The Morgan fingerprint density at radius 1 is 1.10 bits per heavy atom. The molecule has 4 rings (SSSR count). The third-order valence-electron chi connectivity index (χ3n) is 4.59. The first-order valence-corrected chi connectivity index (χ1v) is 10.1. The molecule has 0 spiro atoms. The van der Waals surface area contributed by atoms with Gasteiger partial charge in [-0.15, -0.1) is 11.3 Å². The Kier molecular flexibility index (Phi) is 5.49. The van der Waals surface area contributed by atoms with Crippen LogP contribution in [0.15, 0.2) is 65.5 Å². The molecule has 152 valence electrons. The molecule has 0 saturated heterocycles. The van der Waals surface area contributed by atoms with Crippen LogP contribution in [0.25, 0.3) is 0 Å². The second-order valence-corrected chi connectivity index (χ2v) is 7.86. The van der Waals surface area contributed by atoms with Gasteiger partial charge >= 0.3 is 0 Å². The fourth-order valence-electron chi connectivity index (χ4n) is 3.00. The molecule has 0 bridgehead atoms. The van der Waals surface area contributed by atoms with Crippen LogP contribution in [0.1, 0.15) is 37.2 Å². The molecular formula is C22H20N4O3S. The number of hydrogen-bond acceptors (Lipinski definition) is 5. The second-order valence-electron chi connectivity index (χ2n) is 6.81. The summed E-state index contributed by atoms with van der Waals surface area (Å²) in [6.45, 7) is 4.52. The van der Waals surface area contributed by atoms with Crippen LogP contribution in [-0.2, 0) is 6.54 Å². The fraction of sp³-hybridized carbons (Fsp3) is 0.136. The molecule has 7 nitrogen and oxygen atoms in total. The molecule has 0 aliphatic heterocycles. The Balaban J connectivity index is 1.40. The lowest BCUT2D eigenvalue weighted by Gasteiger charge is -2.08. The van der Waals surface area contributed by atoms with E-state index >= 15 is 0 Å². The Morgan fingerprint density at radius 2 is 1.90 bits per heavy atom. The first-order valence-electron chi connectivity index (χ1n) is 9.33. The molecule has 0 aliphatic carbocycles. The summed E-state index contributed by atoms with van der Waals surface area (Å²) in [5.74, 6) is 0.611. The zero-order valence-corrected chi connectivity index (χ0v) is 17.3. The molecule has 2 N–H and O–H groups in total. The van der Waals surface area contributed by atoms with E-state index in [0.717, 1.165) is 23.5 Å². The van der Waals surface area contributed by atoms with Gasteiger partial charge in [0.1, 0.15) is 5.82 Å². The van der Waals surface area contributed by atoms with Gasteiger partial charge in [-0.1, -0.05) is 12.1 Å². The highest BCUT2D eigenvalue weighted by Gasteiger charge is 2.16. The highest BCUT2D eigenvalue weighted by Crippen LogP contribution is 2.28. The smallest absolute Gasteiger partial charge is 0.291 e. The van der Waals surface area contributed by atoms with E-state index < -0.39 is 0 Å². The van der Waals surface area contributed by atoms with Crippen molar-refractivity contribution >= 4 is 33.8 Å². The van der Waals surface area contributed by atoms with E-state index in [0.29, 0.717) is 15.6 Å². The number of thiophene rings is 1. The van der Waals surface area contributed by atoms with Gasteiger partial charge in [-0.25, -0.2) is 4.98 Å². The highest BCUT2D eigenvalue weighted by molar-refractivity contribution is 7.18. The first kappa shape index (κ1) is 19.7. The molecule has 30 heavy (non-hydrogen) atoms. The van der Waals surface area contributed by atoms with E-state index in [1.54, 1.807) is 24.4 Å². The van der Waals surface area contributed by atoms with Crippen LogP contribution in [0.5, 0.6) is 0 Å². The Bertz CT molecular complexity index is 1170. The van der Waals surface area contributed by atoms with Gasteiger partial charge in [0.05, 0.1) is 16.1 Å². The van der Waals surface area contributed by atoms with Crippen molar-refractivity contribution < 1.29 is 14.0 Å². The van der Waals surface area contributed by atoms with Gasteiger partial charge in [-0.3, -0.25) is 9.59 Å². The summed E-state index contributed by atoms with van der Waals surface area (Å²) in [6, 6.07) is 12.7. The number of aromatic nitrogens is 2. The Hall–Kier alpha value is -3.65. The van der Waals surface area contributed by atoms with Crippen LogP contribution in [-0.4, -0.2) is 21.4 Å². The molecule has 0 atom stereocenters.